The number of hydrogen-bond donors (Lipinski definition) is 1. The van der Waals surface area contributed by atoms with Crippen LogP contribution in [0.25, 0.3) is 11.1 Å². The average Bonchev–Trinajstić information content (AvgIpc) is 3.05. The highest BCUT2D eigenvalue weighted by Gasteiger charge is 2.22. The smallest absolute Gasteiger partial charge is 0.251 e. The fraction of sp³-hybridized carbons (Fsp3) is 0.300. The number of nitrogens with one attached hydrogen (secondary N) is 1. The number of oxazole rings is 1. The normalized spacial score (nSPS) is 15.6. The molecule has 0 atom stereocenters. The van der Waals surface area contributed by atoms with Crippen LogP contribution in [0.5, 0.6) is 0 Å². The molecule has 0 unspecified atom stereocenters. The van der Waals surface area contributed by atoms with E-state index in [0.29, 0.717) is 0 Å². The van der Waals surface area contributed by atoms with Gasteiger partial charge in [0.05, 0.1) is 26.2 Å². The van der Waals surface area contributed by atoms with E-state index >= 15 is 0 Å². The van der Waals surface area contributed by atoms with E-state index < -0.39 is 0 Å². The van der Waals surface area contributed by atoms with Crippen LogP contribution in [-0.4, -0.2) is 36.9 Å². The van der Waals surface area contributed by atoms with Crippen molar-refractivity contribution in [2.75, 3.05) is 31.1 Å². The number of carbonyl (C=O) groups is 1. The summed E-state index contributed by atoms with van der Waals surface area (Å²) in [5.74, 6) is 0.926. The van der Waals surface area contributed by atoms with Gasteiger partial charge in [0.15, 0.2) is 17.9 Å². The maximum absolute atomic E-state index is 11.4. The molecule has 1 aliphatic heterocycles. The van der Waals surface area contributed by atoms with Crippen molar-refractivity contribution in [3.8, 4) is 0 Å². The van der Waals surface area contributed by atoms with Gasteiger partial charge in [-0.1, -0.05) is 12.1 Å². The highest BCUT2D eigenvalue weighted by molar-refractivity contribution is 5.94. The van der Waals surface area contributed by atoms with Crippen LogP contribution in [0.3, 0.4) is 0 Å². The maximum Gasteiger partial charge on any atom is 0.251 e. The Balaban J connectivity index is 1.37. The molecule has 4 rings (SSSR count). The molecule has 1 aliphatic rings. The quantitative estimate of drug-likeness (QED) is 0.740. The molecule has 1 aromatic heterocycles. The molecule has 2 aromatic carbocycles. The van der Waals surface area contributed by atoms with E-state index in [1.807, 2.05) is 48.5 Å². The molecule has 0 saturated carbocycles. The molecule has 1 saturated heterocycles. The monoisotopic (exact) mass is 336 g/mol. The van der Waals surface area contributed by atoms with Gasteiger partial charge in [0.25, 0.3) is 5.89 Å². The Kier molecular flexibility index (Phi) is 4.24. The van der Waals surface area contributed by atoms with Gasteiger partial charge in [-0.05, 0) is 43.3 Å². The van der Waals surface area contributed by atoms with Gasteiger partial charge in [-0.2, -0.15) is 0 Å². The first kappa shape index (κ1) is 15.8. The number of ketones is 1. The zero-order chi connectivity index (χ0) is 17.2. The number of aromatic nitrogens is 1. The minimum Gasteiger partial charge on any atom is -0.435 e. The van der Waals surface area contributed by atoms with Crippen molar-refractivity contribution in [2.24, 2.45) is 0 Å². The largest absolute Gasteiger partial charge is 0.435 e. The van der Waals surface area contributed by atoms with Crippen LogP contribution in [0.15, 0.2) is 52.9 Å². The summed E-state index contributed by atoms with van der Waals surface area (Å²) in [6.07, 6.45) is 0. The fourth-order valence-electron chi connectivity index (χ4n) is 3.37. The lowest BCUT2D eigenvalue weighted by atomic mass is 10.1. The van der Waals surface area contributed by atoms with E-state index in [9.17, 15) is 4.79 Å². The Bertz CT molecular complexity index is 844. The summed E-state index contributed by atoms with van der Waals surface area (Å²) in [7, 11) is 0. The Hall–Kier alpha value is -2.66. The van der Waals surface area contributed by atoms with Crippen LogP contribution in [0.4, 0.5) is 5.69 Å². The lowest BCUT2D eigenvalue weighted by molar-refractivity contribution is -0.915. The molecular formula is C20H22N3O2+. The van der Waals surface area contributed by atoms with Gasteiger partial charge in [-0.15, -0.1) is 0 Å². The SMILES string of the molecule is CC(=O)c1ccc(N2CC[NH+](Cc3nc4ccccc4o3)CC2)cc1. The summed E-state index contributed by atoms with van der Waals surface area (Å²) in [5.41, 5.74) is 3.75. The first-order valence-corrected chi connectivity index (χ1v) is 8.73. The molecule has 1 fully saturated rings. The summed E-state index contributed by atoms with van der Waals surface area (Å²) in [6, 6.07) is 15.8. The molecule has 5 heteroatoms. The zero-order valence-electron chi connectivity index (χ0n) is 14.4. The highest BCUT2D eigenvalue weighted by Crippen LogP contribution is 2.16. The van der Waals surface area contributed by atoms with Gasteiger partial charge in [0.1, 0.15) is 5.52 Å². The van der Waals surface area contributed by atoms with Gasteiger partial charge >= 0.3 is 0 Å². The second kappa shape index (κ2) is 6.69. The minimum atomic E-state index is 0.110. The van der Waals surface area contributed by atoms with Gasteiger partial charge in [0, 0.05) is 11.3 Å². The summed E-state index contributed by atoms with van der Waals surface area (Å²) in [4.78, 5) is 19.8. The van der Waals surface area contributed by atoms with Gasteiger partial charge in [0.2, 0.25) is 0 Å². The van der Waals surface area contributed by atoms with Crippen molar-refractivity contribution in [2.45, 2.75) is 13.5 Å². The Morgan fingerprint density at radius 1 is 1.12 bits per heavy atom. The van der Waals surface area contributed by atoms with Gasteiger partial charge < -0.3 is 14.2 Å². The van der Waals surface area contributed by atoms with Crippen molar-refractivity contribution < 1.29 is 14.1 Å². The molecule has 128 valence electrons. The van der Waals surface area contributed by atoms with E-state index in [0.717, 1.165) is 55.3 Å². The summed E-state index contributed by atoms with van der Waals surface area (Å²) < 4.78 is 5.84. The number of hydrogen-bond acceptors (Lipinski definition) is 4. The van der Waals surface area contributed by atoms with Crippen molar-refractivity contribution in [3.05, 3.63) is 60.0 Å². The summed E-state index contributed by atoms with van der Waals surface area (Å²) >= 11 is 0. The molecule has 0 aliphatic carbocycles. The van der Waals surface area contributed by atoms with E-state index in [2.05, 4.69) is 9.88 Å². The number of para-hydroxylation sites is 2. The molecule has 5 nitrogen and oxygen atoms in total. The van der Waals surface area contributed by atoms with Crippen LogP contribution in [-0.2, 0) is 6.54 Å². The van der Waals surface area contributed by atoms with Crippen LogP contribution in [0, 0.1) is 0 Å². The fourth-order valence-corrected chi connectivity index (χ4v) is 3.37. The third-order valence-corrected chi connectivity index (χ3v) is 4.85. The van der Waals surface area contributed by atoms with Crippen molar-refractivity contribution in [3.63, 3.8) is 0 Å². The number of anilines is 1. The molecule has 3 aromatic rings. The summed E-state index contributed by atoms with van der Waals surface area (Å²) in [6.45, 7) is 6.51. The third-order valence-electron chi connectivity index (χ3n) is 4.85. The standard InChI is InChI=1S/C20H21N3O2/c1-15(24)16-6-8-17(9-7-16)23-12-10-22(11-13-23)14-20-21-18-4-2-3-5-19(18)25-20/h2-9H,10-14H2,1H3/p+1. The van der Waals surface area contributed by atoms with E-state index in [-0.39, 0.29) is 5.78 Å². The van der Waals surface area contributed by atoms with E-state index in [1.165, 1.54) is 10.6 Å². The van der Waals surface area contributed by atoms with E-state index in [4.69, 9.17) is 4.42 Å². The lowest BCUT2D eigenvalue weighted by Gasteiger charge is -2.33. The number of nitrogens with zero attached hydrogens (tertiary/aromatic N) is 2. The molecule has 1 N–H and O–H groups in total. The van der Waals surface area contributed by atoms with Crippen molar-refractivity contribution in [1.82, 2.24) is 4.98 Å². The predicted molar refractivity (Wildman–Crippen MR) is 97.1 cm³/mol. The zero-order valence-corrected chi connectivity index (χ0v) is 14.4. The molecule has 2 heterocycles. The number of Topliss-reactive ketones (excluding diaryl/α,β-unsaturated/α-hetero) is 1. The molecule has 0 bridgehead atoms. The van der Waals surface area contributed by atoms with Crippen molar-refractivity contribution in [1.29, 1.82) is 0 Å². The highest BCUT2D eigenvalue weighted by atomic mass is 16.3. The third kappa shape index (κ3) is 3.42. The van der Waals surface area contributed by atoms with Crippen molar-refractivity contribution >= 4 is 22.6 Å². The minimum absolute atomic E-state index is 0.110. The molecule has 25 heavy (non-hydrogen) atoms. The Morgan fingerprint density at radius 3 is 2.52 bits per heavy atom. The number of carbonyl (C=O) groups excluding carboxylic acids is 1. The first-order valence-electron chi connectivity index (χ1n) is 8.73. The van der Waals surface area contributed by atoms with Crippen LogP contribution in [0.1, 0.15) is 23.2 Å². The van der Waals surface area contributed by atoms with Crippen LogP contribution in [0.2, 0.25) is 0 Å². The predicted octanol–water partition coefficient (Wildman–Crippen LogP) is 1.94. The van der Waals surface area contributed by atoms with Gasteiger partial charge in [-0.25, -0.2) is 4.98 Å². The topological polar surface area (TPSA) is 50.8 Å². The molecular weight excluding hydrogens is 314 g/mol. The number of quaternary nitrogens is 1. The Labute approximate surface area is 146 Å². The first-order chi connectivity index (χ1) is 12.2. The van der Waals surface area contributed by atoms with Crippen LogP contribution >= 0.6 is 0 Å². The Morgan fingerprint density at radius 2 is 1.84 bits per heavy atom. The average molecular weight is 336 g/mol. The number of piperazine rings is 1. The molecule has 0 amide bonds. The van der Waals surface area contributed by atoms with Crippen LogP contribution < -0.4 is 9.80 Å². The second-order valence-corrected chi connectivity index (χ2v) is 6.59. The molecule has 0 spiro atoms. The second-order valence-electron chi connectivity index (χ2n) is 6.59. The molecule has 0 radical (unpaired) electrons. The summed E-state index contributed by atoms with van der Waals surface area (Å²) in [5, 5.41) is 0. The maximum atomic E-state index is 11.4. The number of rotatable bonds is 4. The lowest BCUT2D eigenvalue weighted by Crippen LogP contribution is -3.13. The van der Waals surface area contributed by atoms with E-state index in [1.54, 1.807) is 6.92 Å². The van der Waals surface area contributed by atoms with Gasteiger partial charge in [-0.3, -0.25) is 4.79 Å². The number of fused-ring (bicyclic) bond motifs is 1. The number of benzene rings is 2.